The molecule has 0 fully saturated rings. The van der Waals surface area contributed by atoms with E-state index in [1.54, 1.807) is 36.4 Å². The van der Waals surface area contributed by atoms with Crippen LogP contribution < -0.4 is 9.47 Å². The summed E-state index contributed by atoms with van der Waals surface area (Å²) in [6.07, 6.45) is 0.905. The summed E-state index contributed by atoms with van der Waals surface area (Å²) >= 11 is 0. The van der Waals surface area contributed by atoms with E-state index >= 15 is 0 Å². The molecule has 0 heterocycles. The summed E-state index contributed by atoms with van der Waals surface area (Å²) in [6.45, 7) is 12.6. The van der Waals surface area contributed by atoms with Crippen LogP contribution in [0.3, 0.4) is 0 Å². The van der Waals surface area contributed by atoms with Gasteiger partial charge in [-0.25, -0.2) is 8.42 Å². The minimum Gasteiger partial charge on any atom is -0.488 e. The topological polar surface area (TPSA) is 52.6 Å². The molecule has 188 valence electrons. The number of rotatable bonds is 7. The minimum atomic E-state index is -3.61. The molecule has 4 aromatic rings. The van der Waals surface area contributed by atoms with Crippen LogP contribution in [-0.2, 0) is 15.3 Å². The van der Waals surface area contributed by atoms with Crippen molar-refractivity contribution in [3.8, 4) is 17.2 Å². The van der Waals surface area contributed by atoms with E-state index < -0.39 is 9.84 Å². The van der Waals surface area contributed by atoms with Gasteiger partial charge in [0.25, 0.3) is 0 Å². The first-order valence-electron chi connectivity index (χ1n) is 12.2. The van der Waals surface area contributed by atoms with Crippen LogP contribution in [0.4, 0.5) is 0 Å². The fourth-order valence-electron chi connectivity index (χ4n) is 3.81. The third-order valence-electron chi connectivity index (χ3n) is 6.43. The van der Waals surface area contributed by atoms with Crippen LogP contribution in [0.15, 0.2) is 94.7 Å². The fourth-order valence-corrected chi connectivity index (χ4v) is 5.08. The first-order chi connectivity index (χ1) is 16.9. The second kappa shape index (κ2) is 9.62. The Hall–Kier alpha value is -3.31. The number of ether oxygens (including phenoxy) is 2. The minimum absolute atomic E-state index is 0.0370. The predicted molar refractivity (Wildman–Crippen MR) is 146 cm³/mol. The average molecular weight is 503 g/mol. The van der Waals surface area contributed by atoms with Gasteiger partial charge in [0.1, 0.15) is 22.8 Å². The molecular formula is C31H34O4S. The molecule has 5 heteroatoms. The SMILES string of the molecule is CCC(C)(C)Oc1ccc2ccc(Oc3ccc(S(=O)(=O)c4ccc(C(C)(C)C)cc4)cc3)cc2c1. The lowest BCUT2D eigenvalue weighted by molar-refractivity contribution is 0.105. The van der Waals surface area contributed by atoms with Gasteiger partial charge in [-0.3, -0.25) is 0 Å². The van der Waals surface area contributed by atoms with E-state index in [1.807, 2.05) is 48.5 Å². The van der Waals surface area contributed by atoms with Crippen LogP contribution in [0.25, 0.3) is 10.8 Å². The zero-order chi connectivity index (χ0) is 26.1. The highest BCUT2D eigenvalue weighted by Crippen LogP contribution is 2.31. The third kappa shape index (κ3) is 5.73. The van der Waals surface area contributed by atoms with Gasteiger partial charge in [0.2, 0.25) is 9.84 Å². The molecule has 4 nitrogen and oxygen atoms in total. The van der Waals surface area contributed by atoms with E-state index in [9.17, 15) is 8.42 Å². The van der Waals surface area contributed by atoms with Gasteiger partial charge < -0.3 is 9.47 Å². The molecule has 0 radical (unpaired) electrons. The number of sulfone groups is 1. The highest BCUT2D eigenvalue weighted by molar-refractivity contribution is 7.91. The van der Waals surface area contributed by atoms with Crippen molar-refractivity contribution >= 4 is 20.6 Å². The number of hydrogen-bond donors (Lipinski definition) is 0. The van der Waals surface area contributed by atoms with Crippen molar-refractivity contribution in [3.63, 3.8) is 0 Å². The zero-order valence-corrected chi connectivity index (χ0v) is 22.6. The summed E-state index contributed by atoms with van der Waals surface area (Å²) in [7, 11) is -3.61. The van der Waals surface area contributed by atoms with Crippen molar-refractivity contribution in [2.75, 3.05) is 0 Å². The normalized spacial score (nSPS) is 12.5. The van der Waals surface area contributed by atoms with Gasteiger partial charge in [-0.1, -0.05) is 52.0 Å². The predicted octanol–water partition coefficient (Wildman–Crippen LogP) is 8.33. The largest absolute Gasteiger partial charge is 0.488 e. The summed E-state index contributed by atoms with van der Waals surface area (Å²) < 4.78 is 38.4. The summed E-state index contributed by atoms with van der Waals surface area (Å²) in [5.74, 6) is 2.05. The number of benzene rings is 4. The molecule has 0 saturated carbocycles. The molecule has 0 spiro atoms. The molecule has 0 bridgehead atoms. The maximum absolute atomic E-state index is 13.1. The van der Waals surface area contributed by atoms with Gasteiger partial charge in [0, 0.05) is 0 Å². The van der Waals surface area contributed by atoms with Gasteiger partial charge in [0.15, 0.2) is 0 Å². The van der Waals surface area contributed by atoms with Crippen LogP contribution in [0.2, 0.25) is 0 Å². The lowest BCUT2D eigenvalue weighted by atomic mass is 9.87. The standard InChI is InChI=1S/C31H34O4S/c1-7-31(5,6)35-27-13-9-22-8-12-26(20-23(22)21-27)34-25-14-18-29(19-15-25)36(32,33)28-16-10-24(11-17-28)30(2,3)4/h8-21H,7H2,1-6H3. The molecule has 4 aromatic carbocycles. The molecule has 0 aliphatic rings. The van der Waals surface area contributed by atoms with E-state index in [2.05, 4.69) is 41.5 Å². The Bertz CT molecular complexity index is 1460. The molecule has 0 amide bonds. The highest BCUT2D eigenvalue weighted by Gasteiger charge is 2.20. The Labute approximate surface area is 214 Å². The molecule has 0 atom stereocenters. The fraction of sp³-hybridized carbons (Fsp3) is 0.290. The smallest absolute Gasteiger partial charge is 0.206 e. The second-order valence-electron chi connectivity index (χ2n) is 10.7. The van der Waals surface area contributed by atoms with Crippen molar-refractivity contribution in [2.24, 2.45) is 0 Å². The van der Waals surface area contributed by atoms with Crippen LogP contribution in [0.1, 0.15) is 53.5 Å². The summed E-state index contributed by atoms with van der Waals surface area (Å²) in [5, 5.41) is 2.10. The Morgan fingerprint density at radius 1 is 0.639 bits per heavy atom. The van der Waals surface area contributed by atoms with E-state index in [-0.39, 0.29) is 20.8 Å². The molecule has 0 aliphatic carbocycles. The Morgan fingerprint density at radius 3 is 1.69 bits per heavy atom. The molecule has 0 aromatic heterocycles. The Kier molecular flexibility index (Phi) is 6.89. The van der Waals surface area contributed by atoms with Gasteiger partial charge in [-0.2, -0.15) is 0 Å². The molecule has 0 N–H and O–H groups in total. The maximum Gasteiger partial charge on any atom is 0.206 e. The van der Waals surface area contributed by atoms with Crippen molar-refractivity contribution in [1.82, 2.24) is 0 Å². The maximum atomic E-state index is 13.1. The third-order valence-corrected chi connectivity index (χ3v) is 8.21. The van der Waals surface area contributed by atoms with Gasteiger partial charge in [-0.05, 0) is 103 Å². The number of hydrogen-bond acceptors (Lipinski definition) is 4. The van der Waals surface area contributed by atoms with E-state index in [0.717, 1.165) is 28.5 Å². The van der Waals surface area contributed by atoms with Crippen LogP contribution in [-0.4, -0.2) is 14.0 Å². The van der Waals surface area contributed by atoms with Crippen LogP contribution >= 0.6 is 0 Å². The van der Waals surface area contributed by atoms with Gasteiger partial charge in [0.05, 0.1) is 9.79 Å². The summed E-state index contributed by atoms with van der Waals surface area (Å²) in [4.78, 5) is 0.514. The molecule has 36 heavy (non-hydrogen) atoms. The molecule has 4 rings (SSSR count). The lowest BCUT2D eigenvalue weighted by Crippen LogP contribution is -2.26. The lowest BCUT2D eigenvalue weighted by Gasteiger charge is -2.25. The first-order valence-corrected chi connectivity index (χ1v) is 13.7. The Morgan fingerprint density at radius 2 is 1.14 bits per heavy atom. The molecular weight excluding hydrogens is 468 g/mol. The van der Waals surface area contributed by atoms with Crippen molar-refractivity contribution in [3.05, 3.63) is 90.5 Å². The van der Waals surface area contributed by atoms with Crippen molar-refractivity contribution in [2.45, 2.75) is 68.8 Å². The molecule has 0 aliphatic heterocycles. The van der Waals surface area contributed by atoms with Gasteiger partial charge in [-0.15, -0.1) is 0 Å². The Balaban J connectivity index is 1.53. The van der Waals surface area contributed by atoms with Crippen LogP contribution in [0.5, 0.6) is 17.2 Å². The van der Waals surface area contributed by atoms with Crippen molar-refractivity contribution in [1.29, 1.82) is 0 Å². The van der Waals surface area contributed by atoms with Crippen LogP contribution in [0, 0.1) is 0 Å². The molecule has 0 saturated heterocycles. The molecule has 0 unspecified atom stereocenters. The average Bonchev–Trinajstić information content (AvgIpc) is 2.83. The van der Waals surface area contributed by atoms with Gasteiger partial charge >= 0.3 is 0 Å². The monoisotopic (exact) mass is 502 g/mol. The summed E-state index contributed by atoms with van der Waals surface area (Å²) in [6, 6.07) is 25.5. The highest BCUT2D eigenvalue weighted by atomic mass is 32.2. The van der Waals surface area contributed by atoms with E-state index in [4.69, 9.17) is 9.47 Å². The number of fused-ring (bicyclic) bond motifs is 1. The summed E-state index contributed by atoms with van der Waals surface area (Å²) in [5.41, 5.74) is 0.816. The first kappa shape index (κ1) is 25.8. The second-order valence-corrected chi connectivity index (χ2v) is 12.7. The van der Waals surface area contributed by atoms with E-state index in [0.29, 0.717) is 11.5 Å². The quantitative estimate of drug-likeness (QED) is 0.255. The van der Waals surface area contributed by atoms with Crippen molar-refractivity contribution < 1.29 is 17.9 Å². The van der Waals surface area contributed by atoms with E-state index in [1.165, 1.54) is 0 Å². The zero-order valence-electron chi connectivity index (χ0n) is 21.8.